The van der Waals surface area contributed by atoms with E-state index in [1.807, 2.05) is 17.9 Å². The van der Waals surface area contributed by atoms with E-state index in [1.165, 1.54) is 18.0 Å². The number of anilines is 1. The lowest BCUT2D eigenvalue weighted by Crippen LogP contribution is -2.47. The highest BCUT2D eigenvalue weighted by atomic mass is 19.1. The predicted octanol–water partition coefficient (Wildman–Crippen LogP) is 1.58. The van der Waals surface area contributed by atoms with Gasteiger partial charge in [-0.1, -0.05) is 0 Å². The summed E-state index contributed by atoms with van der Waals surface area (Å²) in [4.78, 5) is 10.4. The molecule has 0 bridgehead atoms. The van der Waals surface area contributed by atoms with Gasteiger partial charge in [0.15, 0.2) is 5.82 Å². The van der Waals surface area contributed by atoms with Crippen LogP contribution in [0.2, 0.25) is 0 Å². The highest BCUT2D eigenvalue weighted by Gasteiger charge is 2.43. The van der Waals surface area contributed by atoms with Crippen molar-refractivity contribution in [1.29, 1.82) is 0 Å². The highest BCUT2D eigenvalue weighted by molar-refractivity contribution is 5.26. The van der Waals surface area contributed by atoms with E-state index in [0.717, 1.165) is 38.9 Å². The van der Waals surface area contributed by atoms with Gasteiger partial charge < -0.3 is 10.1 Å². The standard InChI is InChI=1S/C17H23FN6O/c1-23-9-13(6-21-23)10-24-4-2-3-17(12-24)5-15(11-25-17)22-16-19-7-14(18)8-20-16/h6-9,15H,2-5,10-12H2,1H3,(H,19,20,22). The second-order valence-electron chi connectivity index (χ2n) is 7.10. The molecular formula is C17H23FN6O. The third kappa shape index (κ3) is 3.80. The molecule has 0 amide bonds. The molecule has 25 heavy (non-hydrogen) atoms. The van der Waals surface area contributed by atoms with Gasteiger partial charge in [-0.15, -0.1) is 0 Å². The van der Waals surface area contributed by atoms with E-state index < -0.39 is 5.82 Å². The molecule has 2 atom stereocenters. The van der Waals surface area contributed by atoms with Crippen molar-refractivity contribution in [2.24, 2.45) is 7.05 Å². The van der Waals surface area contributed by atoms with E-state index in [0.29, 0.717) is 12.6 Å². The van der Waals surface area contributed by atoms with E-state index >= 15 is 0 Å². The highest BCUT2D eigenvalue weighted by Crippen LogP contribution is 2.35. The Bertz CT molecular complexity index is 720. The monoisotopic (exact) mass is 346 g/mol. The number of aryl methyl sites for hydroxylation is 1. The number of piperidine rings is 1. The van der Waals surface area contributed by atoms with Crippen LogP contribution in [-0.2, 0) is 18.3 Å². The minimum Gasteiger partial charge on any atom is -0.371 e. The number of nitrogens with one attached hydrogen (secondary N) is 1. The van der Waals surface area contributed by atoms with Gasteiger partial charge in [-0.05, 0) is 19.4 Å². The Kier molecular flexibility index (Phi) is 4.39. The molecule has 0 aliphatic carbocycles. The SMILES string of the molecule is Cn1cc(CN2CCCC3(CC(Nc4ncc(F)cn4)CO3)C2)cn1. The molecule has 134 valence electrons. The molecule has 8 heteroatoms. The molecule has 2 unspecified atom stereocenters. The zero-order valence-corrected chi connectivity index (χ0v) is 14.4. The second kappa shape index (κ2) is 6.68. The lowest BCUT2D eigenvalue weighted by Gasteiger charge is -2.39. The van der Waals surface area contributed by atoms with Crippen LogP contribution >= 0.6 is 0 Å². The molecule has 1 N–H and O–H groups in total. The third-order valence-electron chi connectivity index (χ3n) is 4.95. The van der Waals surface area contributed by atoms with Crippen molar-refractivity contribution in [3.05, 3.63) is 36.2 Å². The summed E-state index contributed by atoms with van der Waals surface area (Å²) < 4.78 is 21.0. The van der Waals surface area contributed by atoms with Crippen LogP contribution in [0, 0.1) is 5.82 Å². The number of hydrogen-bond acceptors (Lipinski definition) is 6. The van der Waals surface area contributed by atoms with Crippen LogP contribution in [0.25, 0.3) is 0 Å². The summed E-state index contributed by atoms with van der Waals surface area (Å²) in [6.07, 6.45) is 9.45. The van der Waals surface area contributed by atoms with Crippen LogP contribution in [0.3, 0.4) is 0 Å². The molecule has 2 saturated heterocycles. The Labute approximate surface area is 146 Å². The number of nitrogens with zero attached hydrogens (tertiary/aromatic N) is 5. The molecule has 2 aromatic heterocycles. The number of halogens is 1. The number of ether oxygens (including phenoxy) is 1. The van der Waals surface area contributed by atoms with Crippen LogP contribution in [0.4, 0.5) is 10.3 Å². The topological polar surface area (TPSA) is 68.1 Å². The van der Waals surface area contributed by atoms with Crippen molar-refractivity contribution < 1.29 is 9.13 Å². The lowest BCUT2D eigenvalue weighted by atomic mass is 9.88. The molecule has 0 aromatic carbocycles. The first-order valence-electron chi connectivity index (χ1n) is 8.68. The molecule has 2 aliphatic heterocycles. The maximum atomic E-state index is 12.9. The number of aromatic nitrogens is 4. The Morgan fingerprint density at radius 1 is 1.36 bits per heavy atom. The summed E-state index contributed by atoms with van der Waals surface area (Å²) in [5.74, 6) is 0.0260. The maximum Gasteiger partial charge on any atom is 0.223 e. The quantitative estimate of drug-likeness (QED) is 0.907. The Morgan fingerprint density at radius 2 is 2.20 bits per heavy atom. The molecular weight excluding hydrogens is 323 g/mol. The van der Waals surface area contributed by atoms with Crippen molar-refractivity contribution >= 4 is 5.95 Å². The van der Waals surface area contributed by atoms with E-state index in [2.05, 4.69) is 31.5 Å². The van der Waals surface area contributed by atoms with E-state index in [9.17, 15) is 4.39 Å². The predicted molar refractivity (Wildman–Crippen MR) is 90.4 cm³/mol. The number of likely N-dealkylation sites (tertiary alicyclic amines) is 1. The van der Waals surface area contributed by atoms with Crippen molar-refractivity contribution in [2.75, 3.05) is 25.0 Å². The normalized spacial score (nSPS) is 27.0. The lowest BCUT2D eigenvalue weighted by molar-refractivity contribution is -0.0533. The average Bonchev–Trinajstić information content (AvgIpc) is 3.16. The average molecular weight is 346 g/mol. The largest absolute Gasteiger partial charge is 0.371 e. The van der Waals surface area contributed by atoms with Crippen molar-refractivity contribution in [3.63, 3.8) is 0 Å². The first-order valence-corrected chi connectivity index (χ1v) is 8.68. The van der Waals surface area contributed by atoms with Gasteiger partial charge in [-0.3, -0.25) is 9.58 Å². The van der Waals surface area contributed by atoms with Crippen LogP contribution in [0.5, 0.6) is 0 Å². The molecule has 2 fully saturated rings. The van der Waals surface area contributed by atoms with Gasteiger partial charge in [0.1, 0.15) is 0 Å². The summed E-state index contributed by atoms with van der Waals surface area (Å²) in [6.45, 7) is 3.53. The van der Waals surface area contributed by atoms with Gasteiger partial charge in [0.25, 0.3) is 0 Å². The fourth-order valence-corrected chi connectivity index (χ4v) is 3.93. The Hall–Kier alpha value is -2.06. The van der Waals surface area contributed by atoms with Crippen LogP contribution in [0.15, 0.2) is 24.8 Å². The molecule has 1 spiro atoms. The minimum atomic E-state index is -0.428. The molecule has 2 aliphatic rings. The van der Waals surface area contributed by atoms with Crippen molar-refractivity contribution in [3.8, 4) is 0 Å². The minimum absolute atomic E-state index is 0.113. The molecule has 4 rings (SSSR count). The van der Waals surface area contributed by atoms with Crippen molar-refractivity contribution in [2.45, 2.75) is 37.5 Å². The molecule has 4 heterocycles. The van der Waals surface area contributed by atoms with Crippen LogP contribution < -0.4 is 5.32 Å². The maximum absolute atomic E-state index is 12.9. The molecule has 0 saturated carbocycles. The van der Waals surface area contributed by atoms with E-state index in [1.54, 1.807) is 0 Å². The zero-order valence-electron chi connectivity index (χ0n) is 14.4. The fraction of sp³-hybridized carbons (Fsp3) is 0.588. The summed E-state index contributed by atoms with van der Waals surface area (Å²) in [5.41, 5.74) is 1.12. The second-order valence-corrected chi connectivity index (χ2v) is 7.10. The van der Waals surface area contributed by atoms with Gasteiger partial charge in [0, 0.05) is 38.3 Å². The number of rotatable bonds is 4. The van der Waals surface area contributed by atoms with Gasteiger partial charge in [0.2, 0.25) is 5.95 Å². The summed E-state index contributed by atoms with van der Waals surface area (Å²) in [5, 5.41) is 7.51. The summed E-state index contributed by atoms with van der Waals surface area (Å²) in [7, 11) is 1.94. The van der Waals surface area contributed by atoms with E-state index in [4.69, 9.17) is 4.74 Å². The van der Waals surface area contributed by atoms with Crippen LogP contribution in [-0.4, -0.2) is 56.0 Å². The van der Waals surface area contributed by atoms with Crippen LogP contribution in [0.1, 0.15) is 24.8 Å². The first kappa shape index (κ1) is 16.4. The van der Waals surface area contributed by atoms with Crippen molar-refractivity contribution in [1.82, 2.24) is 24.6 Å². The smallest absolute Gasteiger partial charge is 0.223 e. The van der Waals surface area contributed by atoms with Gasteiger partial charge in [-0.25, -0.2) is 14.4 Å². The summed E-state index contributed by atoms with van der Waals surface area (Å²) in [6, 6.07) is 0.156. The van der Waals surface area contributed by atoms with E-state index in [-0.39, 0.29) is 11.6 Å². The molecule has 0 radical (unpaired) electrons. The molecule has 2 aromatic rings. The van der Waals surface area contributed by atoms with Gasteiger partial charge in [0.05, 0.1) is 36.8 Å². The first-order chi connectivity index (χ1) is 12.1. The zero-order chi connectivity index (χ0) is 17.3. The Morgan fingerprint density at radius 3 is 2.96 bits per heavy atom. The molecule has 7 nitrogen and oxygen atoms in total. The third-order valence-corrected chi connectivity index (χ3v) is 4.95. The van der Waals surface area contributed by atoms with Gasteiger partial charge in [-0.2, -0.15) is 5.10 Å². The van der Waals surface area contributed by atoms with Gasteiger partial charge >= 0.3 is 0 Å². The Balaban J connectivity index is 1.36. The number of hydrogen-bond donors (Lipinski definition) is 1. The summed E-state index contributed by atoms with van der Waals surface area (Å²) >= 11 is 0. The fourth-order valence-electron chi connectivity index (χ4n) is 3.93.